The van der Waals surface area contributed by atoms with Gasteiger partial charge in [-0.15, -0.1) is 0 Å². The minimum absolute atomic E-state index is 0.183. The molecule has 30 heavy (non-hydrogen) atoms. The molecule has 0 saturated carbocycles. The van der Waals surface area contributed by atoms with Crippen LogP contribution < -0.4 is 5.56 Å². The van der Waals surface area contributed by atoms with Gasteiger partial charge in [0.25, 0.3) is 5.56 Å². The van der Waals surface area contributed by atoms with Crippen molar-refractivity contribution in [1.29, 1.82) is 0 Å². The van der Waals surface area contributed by atoms with E-state index in [0.717, 1.165) is 0 Å². The maximum Gasteiger partial charge on any atom is 0.340 e. The van der Waals surface area contributed by atoms with Crippen molar-refractivity contribution in [2.24, 2.45) is 13.0 Å². The Morgan fingerprint density at radius 2 is 2.10 bits per heavy atom. The van der Waals surface area contributed by atoms with Crippen LogP contribution in [0.3, 0.4) is 0 Å². The third-order valence-corrected chi connectivity index (χ3v) is 4.04. The lowest BCUT2D eigenvalue weighted by molar-refractivity contribution is 0.0461. The van der Waals surface area contributed by atoms with Crippen molar-refractivity contribution in [3.8, 4) is 11.8 Å². The quantitative estimate of drug-likeness (QED) is 0.502. The number of carbonyl (C=O) groups is 1. The van der Waals surface area contributed by atoms with Crippen LogP contribution in [0.1, 0.15) is 61.2 Å². The van der Waals surface area contributed by atoms with Gasteiger partial charge in [-0.25, -0.2) is 4.79 Å². The van der Waals surface area contributed by atoms with Gasteiger partial charge in [-0.1, -0.05) is 44.7 Å². The van der Waals surface area contributed by atoms with Crippen molar-refractivity contribution in [3.05, 3.63) is 51.4 Å². The van der Waals surface area contributed by atoms with E-state index >= 15 is 0 Å². The van der Waals surface area contributed by atoms with Crippen LogP contribution in [0, 0.1) is 24.7 Å². The molecule has 3 aromatic heterocycles. The Hall–Kier alpha value is -3.31. The SMILES string of the molecule is CC.Cc1cc([C@H](O)C#Cc2cn(C)c(=O)c3[nH]cc(C(=O)OCC(C)C)c23)no1. The molecule has 0 bridgehead atoms. The molecule has 0 amide bonds. The molecule has 0 radical (unpaired) electrons. The number of carbonyl (C=O) groups excluding carboxylic acids is 1. The fourth-order valence-corrected chi connectivity index (χ4v) is 2.68. The lowest BCUT2D eigenvalue weighted by atomic mass is 10.1. The third-order valence-electron chi connectivity index (χ3n) is 4.04. The monoisotopic (exact) mass is 413 g/mol. The summed E-state index contributed by atoms with van der Waals surface area (Å²) < 4.78 is 11.6. The van der Waals surface area contributed by atoms with Gasteiger partial charge in [0.15, 0.2) is 6.10 Å². The minimum atomic E-state index is -1.17. The highest BCUT2D eigenvalue weighted by molar-refractivity contribution is 6.06. The predicted octanol–water partition coefficient (Wildman–Crippen LogP) is 3.09. The van der Waals surface area contributed by atoms with Crippen molar-refractivity contribution >= 4 is 16.9 Å². The standard InChI is InChI=1S/C20H21N3O5.C2H6/c1-11(2)10-27-20(26)14-8-21-18-17(14)13(9-23(4)19(18)25)5-6-16(24)15-7-12(3)28-22-15;1-2/h7-9,11,16,21,24H,10H2,1-4H3;1-2H3/t16-;/m1./s1. The predicted molar refractivity (Wildman–Crippen MR) is 113 cm³/mol. The molecule has 1 atom stereocenters. The summed E-state index contributed by atoms with van der Waals surface area (Å²) in [5.41, 5.74) is 0.879. The summed E-state index contributed by atoms with van der Waals surface area (Å²) in [6.07, 6.45) is 1.79. The second-order valence-electron chi connectivity index (χ2n) is 6.94. The topological polar surface area (TPSA) is 110 Å². The highest BCUT2D eigenvalue weighted by Crippen LogP contribution is 2.21. The summed E-state index contributed by atoms with van der Waals surface area (Å²) >= 11 is 0. The number of aromatic nitrogens is 3. The first-order valence-electron chi connectivity index (χ1n) is 9.78. The van der Waals surface area contributed by atoms with Crippen molar-refractivity contribution < 1.29 is 19.2 Å². The van der Waals surface area contributed by atoms with Gasteiger partial charge in [-0.2, -0.15) is 0 Å². The maximum absolute atomic E-state index is 12.5. The minimum Gasteiger partial charge on any atom is -0.462 e. The molecule has 0 spiro atoms. The van der Waals surface area contributed by atoms with E-state index in [1.807, 2.05) is 27.7 Å². The largest absolute Gasteiger partial charge is 0.462 e. The van der Waals surface area contributed by atoms with Crippen molar-refractivity contribution in [1.82, 2.24) is 14.7 Å². The van der Waals surface area contributed by atoms with E-state index in [1.165, 1.54) is 17.0 Å². The Bertz CT molecular complexity index is 1140. The Morgan fingerprint density at radius 3 is 2.70 bits per heavy atom. The molecule has 0 fully saturated rings. The second-order valence-corrected chi connectivity index (χ2v) is 6.94. The van der Waals surface area contributed by atoms with Crippen LogP contribution >= 0.6 is 0 Å². The van der Waals surface area contributed by atoms with Crippen molar-refractivity contribution in [3.63, 3.8) is 0 Å². The summed E-state index contributed by atoms with van der Waals surface area (Å²) in [5.74, 6) is 5.72. The van der Waals surface area contributed by atoms with Gasteiger partial charge in [0.2, 0.25) is 0 Å². The number of ether oxygens (including phenoxy) is 1. The lowest BCUT2D eigenvalue weighted by Crippen LogP contribution is -2.17. The molecular formula is C22H27N3O5. The average molecular weight is 413 g/mol. The number of nitrogens with one attached hydrogen (secondary N) is 1. The molecule has 3 aromatic rings. The molecule has 8 heteroatoms. The fourth-order valence-electron chi connectivity index (χ4n) is 2.68. The summed E-state index contributed by atoms with van der Waals surface area (Å²) in [4.78, 5) is 27.7. The van der Waals surface area contributed by atoms with E-state index in [0.29, 0.717) is 16.7 Å². The number of esters is 1. The van der Waals surface area contributed by atoms with E-state index < -0.39 is 12.1 Å². The molecule has 3 rings (SSSR count). The van der Waals surface area contributed by atoms with Crippen molar-refractivity contribution in [2.45, 2.75) is 40.7 Å². The maximum atomic E-state index is 12.5. The summed E-state index contributed by atoms with van der Waals surface area (Å²) in [6.45, 7) is 9.84. The zero-order valence-electron chi connectivity index (χ0n) is 18.1. The number of aryl methyl sites for hydroxylation is 2. The average Bonchev–Trinajstić information content (AvgIpc) is 3.36. The molecule has 2 N–H and O–H groups in total. The van der Waals surface area contributed by atoms with Gasteiger partial charge in [0.1, 0.15) is 17.0 Å². The zero-order valence-corrected chi connectivity index (χ0v) is 18.1. The van der Waals surface area contributed by atoms with Crippen LogP contribution in [0.15, 0.2) is 27.8 Å². The summed E-state index contributed by atoms with van der Waals surface area (Å²) in [6, 6.07) is 1.58. The number of hydrogen-bond acceptors (Lipinski definition) is 6. The van der Waals surface area contributed by atoms with Crippen LogP contribution in [-0.2, 0) is 11.8 Å². The second kappa shape index (κ2) is 9.94. The number of aromatic amines is 1. The summed E-state index contributed by atoms with van der Waals surface area (Å²) in [5, 5.41) is 14.3. The number of H-pyrrole nitrogens is 1. The molecule has 0 saturated heterocycles. The molecular weight excluding hydrogens is 386 g/mol. The molecule has 0 aliphatic rings. The first kappa shape index (κ1) is 23.0. The third kappa shape index (κ3) is 4.99. The molecule has 0 aromatic carbocycles. The molecule has 160 valence electrons. The molecule has 3 heterocycles. The fraction of sp³-hybridized carbons (Fsp3) is 0.409. The number of fused-ring (bicyclic) bond motifs is 1. The molecule has 8 nitrogen and oxygen atoms in total. The van der Waals surface area contributed by atoms with Crippen LogP contribution in [-0.4, -0.2) is 32.4 Å². The molecule has 0 aliphatic heterocycles. The Balaban J connectivity index is 0.00000155. The normalized spacial score (nSPS) is 11.5. The van der Waals surface area contributed by atoms with Gasteiger partial charge < -0.3 is 23.9 Å². The van der Waals surface area contributed by atoms with E-state index in [9.17, 15) is 14.7 Å². The Labute approximate surface area is 174 Å². The number of pyridine rings is 1. The van der Waals surface area contributed by atoms with E-state index in [2.05, 4.69) is 22.0 Å². The van der Waals surface area contributed by atoms with E-state index in [1.54, 1.807) is 20.0 Å². The number of rotatable bonds is 4. The summed E-state index contributed by atoms with van der Waals surface area (Å²) in [7, 11) is 1.59. The first-order chi connectivity index (χ1) is 14.3. The Morgan fingerprint density at radius 1 is 1.40 bits per heavy atom. The van der Waals surface area contributed by atoms with Crippen LogP contribution in [0.2, 0.25) is 0 Å². The number of aliphatic hydroxyl groups is 1. The highest BCUT2D eigenvalue weighted by atomic mass is 16.5. The van der Waals surface area contributed by atoms with Crippen LogP contribution in [0.5, 0.6) is 0 Å². The van der Waals surface area contributed by atoms with Gasteiger partial charge in [-0.05, 0) is 12.8 Å². The van der Waals surface area contributed by atoms with Gasteiger partial charge in [0, 0.05) is 30.9 Å². The zero-order chi connectivity index (χ0) is 22.4. The van der Waals surface area contributed by atoms with E-state index in [-0.39, 0.29) is 34.9 Å². The smallest absolute Gasteiger partial charge is 0.340 e. The number of nitrogens with zero attached hydrogens (tertiary/aromatic N) is 2. The number of hydrogen-bond donors (Lipinski definition) is 2. The van der Waals surface area contributed by atoms with Gasteiger partial charge in [-0.3, -0.25) is 4.79 Å². The Kier molecular flexibility index (Phi) is 7.61. The molecule has 0 aliphatic carbocycles. The van der Waals surface area contributed by atoms with Crippen LogP contribution in [0.4, 0.5) is 0 Å². The first-order valence-corrected chi connectivity index (χ1v) is 9.78. The van der Waals surface area contributed by atoms with Gasteiger partial charge >= 0.3 is 5.97 Å². The highest BCUT2D eigenvalue weighted by Gasteiger charge is 2.19. The number of aliphatic hydroxyl groups excluding tert-OH is 1. The van der Waals surface area contributed by atoms with Crippen LogP contribution in [0.25, 0.3) is 10.9 Å². The van der Waals surface area contributed by atoms with Gasteiger partial charge in [0.05, 0.1) is 17.7 Å². The lowest BCUT2D eigenvalue weighted by Gasteiger charge is -2.07. The molecule has 0 unspecified atom stereocenters. The van der Waals surface area contributed by atoms with Crippen molar-refractivity contribution in [2.75, 3.05) is 6.61 Å². The van der Waals surface area contributed by atoms with E-state index in [4.69, 9.17) is 9.26 Å².